The average molecular weight is 470 g/mol. The van der Waals surface area contributed by atoms with Crippen LogP contribution in [0.3, 0.4) is 0 Å². The summed E-state index contributed by atoms with van der Waals surface area (Å²) in [5, 5.41) is 12.0. The van der Waals surface area contributed by atoms with Gasteiger partial charge in [-0.2, -0.15) is 0 Å². The van der Waals surface area contributed by atoms with Crippen LogP contribution in [0.4, 0.5) is 0 Å². The van der Waals surface area contributed by atoms with Crippen LogP contribution in [0.5, 0.6) is 11.5 Å². The number of aromatic nitrogens is 3. The number of hydrogen-bond donors (Lipinski definition) is 1. The lowest BCUT2D eigenvalue weighted by molar-refractivity contribution is -0.130. The minimum absolute atomic E-state index is 0.00250. The van der Waals surface area contributed by atoms with Gasteiger partial charge >= 0.3 is 0 Å². The van der Waals surface area contributed by atoms with Crippen molar-refractivity contribution in [3.63, 3.8) is 0 Å². The summed E-state index contributed by atoms with van der Waals surface area (Å²) in [6.07, 6.45) is 1.67. The molecule has 2 amide bonds. The molecule has 0 spiro atoms. The average Bonchev–Trinajstić information content (AvgIpc) is 3.56. The molecule has 182 valence electrons. The van der Waals surface area contributed by atoms with Crippen LogP contribution < -0.4 is 14.8 Å². The van der Waals surface area contributed by atoms with Crippen molar-refractivity contribution in [3.05, 3.63) is 35.4 Å². The van der Waals surface area contributed by atoms with Gasteiger partial charge in [-0.15, -0.1) is 10.2 Å². The molecule has 1 aromatic heterocycles. The van der Waals surface area contributed by atoms with Gasteiger partial charge in [0.05, 0.1) is 25.0 Å². The Labute approximate surface area is 198 Å². The van der Waals surface area contributed by atoms with Crippen molar-refractivity contribution in [2.75, 3.05) is 33.1 Å². The lowest BCUT2D eigenvalue weighted by Crippen LogP contribution is -2.38. The van der Waals surface area contributed by atoms with Crippen LogP contribution in [0.25, 0.3) is 0 Å². The Morgan fingerprint density at radius 3 is 2.79 bits per heavy atom. The summed E-state index contributed by atoms with van der Waals surface area (Å²) < 4.78 is 18.2. The van der Waals surface area contributed by atoms with E-state index in [0.717, 1.165) is 23.6 Å². The van der Waals surface area contributed by atoms with Crippen LogP contribution in [-0.4, -0.2) is 64.6 Å². The van der Waals surface area contributed by atoms with Crippen LogP contribution >= 0.6 is 0 Å². The first-order valence-electron chi connectivity index (χ1n) is 12.0. The van der Waals surface area contributed by atoms with Crippen molar-refractivity contribution in [1.29, 1.82) is 0 Å². The van der Waals surface area contributed by atoms with Gasteiger partial charge in [0.25, 0.3) is 0 Å². The SMILES string of the molecule is CC(C)[C@@H](NC(=O)[C@@H]1CCOC1)c1nnc2n1CCN(C(=O)Cc1ccc3c(c1)OCO3)CC2. The van der Waals surface area contributed by atoms with Crippen LogP contribution in [0, 0.1) is 11.8 Å². The van der Waals surface area contributed by atoms with E-state index in [9.17, 15) is 9.59 Å². The summed E-state index contributed by atoms with van der Waals surface area (Å²) >= 11 is 0. The van der Waals surface area contributed by atoms with Crippen molar-refractivity contribution in [2.45, 2.75) is 45.7 Å². The van der Waals surface area contributed by atoms with Crippen LogP contribution in [0.15, 0.2) is 18.2 Å². The number of rotatable bonds is 6. The summed E-state index contributed by atoms with van der Waals surface area (Å²) in [6.45, 7) is 7.18. The van der Waals surface area contributed by atoms with Gasteiger partial charge in [0, 0.05) is 32.7 Å². The van der Waals surface area contributed by atoms with Crippen molar-refractivity contribution in [1.82, 2.24) is 25.0 Å². The lowest BCUT2D eigenvalue weighted by Gasteiger charge is -2.24. The van der Waals surface area contributed by atoms with Crippen molar-refractivity contribution in [3.8, 4) is 11.5 Å². The standard InChI is InChI=1S/C24H31N5O5/c1-15(2)22(25-24(31)17-6-10-32-13-17)23-27-26-20-5-7-28(8-9-29(20)23)21(30)12-16-3-4-18-19(11-16)34-14-33-18/h3-4,11,15,17,22H,5-10,12-14H2,1-2H3,(H,25,31)/t17-,22-/m1/s1. The second-order valence-corrected chi connectivity index (χ2v) is 9.41. The van der Waals surface area contributed by atoms with Crippen LogP contribution in [0.2, 0.25) is 0 Å². The number of benzene rings is 1. The highest BCUT2D eigenvalue weighted by Crippen LogP contribution is 2.32. The predicted molar refractivity (Wildman–Crippen MR) is 121 cm³/mol. The molecule has 0 unspecified atom stereocenters. The fourth-order valence-electron chi connectivity index (χ4n) is 4.70. The summed E-state index contributed by atoms with van der Waals surface area (Å²) in [5.74, 6) is 3.09. The number of nitrogens with zero attached hydrogens (tertiary/aromatic N) is 4. The number of fused-ring (bicyclic) bond motifs is 2. The van der Waals surface area contributed by atoms with Gasteiger partial charge in [-0.05, 0) is 30.0 Å². The largest absolute Gasteiger partial charge is 0.454 e. The van der Waals surface area contributed by atoms with E-state index in [-0.39, 0.29) is 36.5 Å². The molecule has 3 aliphatic heterocycles. The maximum Gasteiger partial charge on any atom is 0.231 e. The predicted octanol–water partition coefficient (Wildman–Crippen LogP) is 1.48. The molecular formula is C24H31N5O5. The fourth-order valence-corrected chi connectivity index (χ4v) is 4.70. The Morgan fingerprint density at radius 1 is 1.15 bits per heavy atom. The molecule has 2 aromatic rings. The molecule has 34 heavy (non-hydrogen) atoms. The minimum Gasteiger partial charge on any atom is -0.454 e. The van der Waals surface area contributed by atoms with E-state index in [4.69, 9.17) is 14.2 Å². The Hall–Kier alpha value is -3.14. The quantitative estimate of drug-likeness (QED) is 0.683. The molecule has 1 N–H and O–H groups in total. The zero-order valence-electron chi connectivity index (χ0n) is 19.7. The van der Waals surface area contributed by atoms with Crippen LogP contribution in [-0.2, 0) is 33.7 Å². The van der Waals surface area contributed by atoms with Gasteiger partial charge in [-0.25, -0.2) is 0 Å². The first-order valence-corrected chi connectivity index (χ1v) is 12.0. The molecule has 1 aromatic carbocycles. The van der Waals surface area contributed by atoms with Crippen LogP contribution in [0.1, 0.15) is 43.5 Å². The summed E-state index contributed by atoms with van der Waals surface area (Å²) in [5.41, 5.74) is 0.900. The third-order valence-corrected chi connectivity index (χ3v) is 6.74. The van der Waals surface area contributed by atoms with E-state index in [2.05, 4.69) is 33.9 Å². The topological polar surface area (TPSA) is 108 Å². The van der Waals surface area contributed by atoms with Crippen molar-refractivity contribution < 1.29 is 23.8 Å². The molecular weight excluding hydrogens is 438 g/mol. The second kappa shape index (κ2) is 9.61. The zero-order valence-corrected chi connectivity index (χ0v) is 19.7. The Morgan fingerprint density at radius 2 is 2.00 bits per heavy atom. The Kier molecular flexibility index (Phi) is 6.40. The molecule has 2 atom stereocenters. The molecule has 10 heteroatoms. The highest BCUT2D eigenvalue weighted by atomic mass is 16.7. The van der Waals surface area contributed by atoms with Crippen molar-refractivity contribution in [2.24, 2.45) is 11.8 Å². The number of nitrogens with one attached hydrogen (secondary N) is 1. The molecule has 1 fully saturated rings. The van der Waals surface area contributed by atoms with Gasteiger partial charge in [0.15, 0.2) is 17.3 Å². The second-order valence-electron chi connectivity index (χ2n) is 9.41. The number of ether oxygens (including phenoxy) is 3. The van der Waals surface area contributed by atoms with Crippen molar-refractivity contribution >= 4 is 11.8 Å². The number of carbonyl (C=O) groups is 2. The molecule has 0 saturated carbocycles. The number of carbonyl (C=O) groups excluding carboxylic acids is 2. The molecule has 10 nitrogen and oxygen atoms in total. The molecule has 4 heterocycles. The third-order valence-electron chi connectivity index (χ3n) is 6.74. The maximum absolute atomic E-state index is 13.1. The molecule has 5 rings (SSSR count). The Balaban J connectivity index is 1.25. The van der Waals surface area contributed by atoms with Gasteiger partial charge < -0.3 is 29.0 Å². The summed E-state index contributed by atoms with van der Waals surface area (Å²) in [6, 6.07) is 5.38. The van der Waals surface area contributed by atoms with E-state index >= 15 is 0 Å². The summed E-state index contributed by atoms with van der Waals surface area (Å²) in [7, 11) is 0. The number of hydrogen-bond acceptors (Lipinski definition) is 7. The van der Waals surface area contributed by atoms with Gasteiger partial charge in [0.1, 0.15) is 5.82 Å². The Bertz CT molecular complexity index is 1060. The lowest BCUT2D eigenvalue weighted by atomic mass is 10.0. The van der Waals surface area contributed by atoms with Gasteiger partial charge in [-0.1, -0.05) is 19.9 Å². The highest BCUT2D eigenvalue weighted by Gasteiger charge is 2.31. The molecule has 0 aliphatic carbocycles. The fraction of sp³-hybridized carbons (Fsp3) is 0.583. The summed E-state index contributed by atoms with van der Waals surface area (Å²) in [4.78, 5) is 27.7. The van der Waals surface area contributed by atoms with Gasteiger partial charge in [0.2, 0.25) is 18.6 Å². The van der Waals surface area contributed by atoms with Gasteiger partial charge in [-0.3, -0.25) is 9.59 Å². The third kappa shape index (κ3) is 4.59. The zero-order chi connectivity index (χ0) is 23.7. The van der Waals surface area contributed by atoms with E-state index in [1.807, 2.05) is 23.1 Å². The highest BCUT2D eigenvalue weighted by molar-refractivity contribution is 5.80. The molecule has 3 aliphatic rings. The number of amides is 2. The molecule has 1 saturated heterocycles. The normalized spacial score (nSPS) is 20.2. The monoisotopic (exact) mass is 469 g/mol. The molecule has 0 bridgehead atoms. The first-order chi connectivity index (χ1) is 16.5. The smallest absolute Gasteiger partial charge is 0.231 e. The minimum atomic E-state index is -0.245. The van der Waals surface area contributed by atoms with E-state index < -0.39 is 0 Å². The maximum atomic E-state index is 13.1. The van der Waals surface area contributed by atoms with E-state index in [1.165, 1.54) is 0 Å². The molecule has 0 radical (unpaired) electrons. The van der Waals surface area contributed by atoms with E-state index in [0.29, 0.717) is 57.2 Å². The first kappa shape index (κ1) is 22.6. The van der Waals surface area contributed by atoms with E-state index in [1.54, 1.807) is 0 Å².